The predicted molar refractivity (Wildman–Crippen MR) is 65.4 cm³/mol. The largest absolute Gasteiger partial charge is 0.392 e. The number of likely N-dealkylation sites (N-methyl/N-ethyl adjacent to an activating group) is 1. The molecule has 1 aromatic rings. The molecule has 0 saturated heterocycles. The van der Waals surface area contributed by atoms with E-state index in [2.05, 4.69) is 19.8 Å². The molecular formula is C10H18N4O3S. The first-order valence-electron chi connectivity index (χ1n) is 5.87. The molecule has 1 saturated carbocycles. The Kier molecular flexibility index (Phi) is 4.00. The van der Waals surface area contributed by atoms with Gasteiger partial charge in [0, 0.05) is 24.7 Å². The molecule has 1 fully saturated rings. The summed E-state index contributed by atoms with van der Waals surface area (Å²) in [4.78, 5) is 2.14. The second-order valence-corrected chi connectivity index (χ2v) is 6.20. The Morgan fingerprint density at radius 2 is 2.33 bits per heavy atom. The minimum atomic E-state index is -3.62. The molecule has 1 heterocycles. The maximum Gasteiger partial charge on any atom is 0.257 e. The van der Waals surface area contributed by atoms with Crippen molar-refractivity contribution in [3.63, 3.8) is 0 Å². The van der Waals surface area contributed by atoms with Crippen LogP contribution >= 0.6 is 0 Å². The second kappa shape index (κ2) is 5.35. The van der Waals surface area contributed by atoms with Crippen molar-refractivity contribution in [1.29, 1.82) is 0 Å². The minimum Gasteiger partial charge on any atom is -0.392 e. The Morgan fingerprint density at radius 3 is 2.94 bits per heavy atom. The van der Waals surface area contributed by atoms with E-state index in [1.165, 1.54) is 19.0 Å². The van der Waals surface area contributed by atoms with Crippen LogP contribution in [0.1, 0.15) is 18.4 Å². The fourth-order valence-corrected chi connectivity index (χ4v) is 2.91. The van der Waals surface area contributed by atoms with Gasteiger partial charge in [-0.2, -0.15) is 5.10 Å². The molecule has 0 unspecified atom stereocenters. The lowest BCUT2D eigenvalue weighted by molar-refractivity contribution is 0.278. The SMILES string of the molecule is CN(CCNS(=O)(=O)c1[nH]ncc1CO)C1CC1. The standard InChI is InChI=1S/C10H18N4O3S/c1-14(9-2-3-9)5-4-12-18(16,17)10-8(7-15)6-11-13-10/h6,9,12,15H,2-5,7H2,1H3,(H,11,13). The topological polar surface area (TPSA) is 98.3 Å². The van der Waals surface area contributed by atoms with Crippen LogP contribution < -0.4 is 4.72 Å². The molecule has 7 nitrogen and oxygen atoms in total. The van der Waals surface area contributed by atoms with Crippen molar-refractivity contribution in [3.8, 4) is 0 Å². The zero-order valence-corrected chi connectivity index (χ0v) is 11.1. The third kappa shape index (κ3) is 3.08. The highest BCUT2D eigenvalue weighted by Crippen LogP contribution is 2.24. The number of aromatic nitrogens is 2. The van der Waals surface area contributed by atoms with Crippen molar-refractivity contribution >= 4 is 10.0 Å². The Balaban J connectivity index is 1.90. The normalized spacial score (nSPS) is 16.4. The van der Waals surface area contributed by atoms with Crippen molar-refractivity contribution < 1.29 is 13.5 Å². The van der Waals surface area contributed by atoms with Gasteiger partial charge in [0.05, 0.1) is 12.8 Å². The van der Waals surface area contributed by atoms with Gasteiger partial charge in [-0.15, -0.1) is 0 Å². The number of aromatic amines is 1. The van der Waals surface area contributed by atoms with Crippen molar-refractivity contribution in [3.05, 3.63) is 11.8 Å². The quantitative estimate of drug-likeness (QED) is 0.609. The molecule has 0 spiro atoms. The molecule has 1 aliphatic carbocycles. The van der Waals surface area contributed by atoms with Crippen molar-refractivity contribution in [1.82, 2.24) is 19.8 Å². The molecule has 0 aromatic carbocycles. The van der Waals surface area contributed by atoms with Crippen molar-refractivity contribution in [2.24, 2.45) is 0 Å². The zero-order valence-electron chi connectivity index (χ0n) is 10.3. The maximum atomic E-state index is 11.9. The van der Waals surface area contributed by atoms with Crippen molar-refractivity contribution in [2.75, 3.05) is 20.1 Å². The highest BCUT2D eigenvalue weighted by Gasteiger charge is 2.26. The van der Waals surface area contributed by atoms with Crippen LogP contribution in [0.3, 0.4) is 0 Å². The number of aliphatic hydroxyl groups is 1. The van der Waals surface area contributed by atoms with E-state index >= 15 is 0 Å². The van der Waals surface area contributed by atoms with Crippen LogP contribution in [0, 0.1) is 0 Å². The Bertz CT molecular complexity index is 495. The smallest absolute Gasteiger partial charge is 0.257 e. The molecule has 0 atom stereocenters. The first kappa shape index (κ1) is 13.5. The van der Waals surface area contributed by atoms with Crippen LogP contribution in [0.4, 0.5) is 0 Å². The van der Waals surface area contributed by atoms with E-state index in [-0.39, 0.29) is 17.2 Å². The van der Waals surface area contributed by atoms with Gasteiger partial charge >= 0.3 is 0 Å². The van der Waals surface area contributed by atoms with Gasteiger partial charge in [-0.05, 0) is 19.9 Å². The fraction of sp³-hybridized carbons (Fsp3) is 0.700. The molecule has 2 rings (SSSR count). The van der Waals surface area contributed by atoms with E-state index in [1.807, 2.05) is 7.05 Å². The summed E-state index contributed by atoms with van der Waals surface area (Å²) in [6.07, 6.45) is 3.70. The third-order valence-corrected chi connectivity index (χ3v) is 4.52. The molecule has 0 aliphatic heterocycles. The number of hydrogen-bond acceptors (Lipinski definition) is 5. The highest BCUT2D eigenvalue weighted by molar-refractivity contribution is 7.89. The van der Waals surface area contributed by atoms with Gasteiger partial charge in [0.2, 0.25) is 0 Å². The van der Waals surface area contributed by atoms with Crippen LogP contribution in [0.2, 0.25) is 0 Å². The van der Waals surface area contributed by atoms with Crippen LogP contribution in [-0.4, -0.2) is 54.8 Å². The molecule has 8 heteroatoms. The number of aliphatic hydroxyl groups excluding tert-OH is 1. The van der Waals surface area contributed by atoms with E-state index in [4.69, 9.17) is 5.11 Å². The summed E-state index contributed by atoms with van der Waals surface area (Å²) in [5, 5.41) is 15.0. The molecule has 3 N–H and O–H groups in total. The first-order chi connectivity index (χ1) is 8.54. The maximum absolute atomic E-state index is 11.9. The van der Waals surface area contributed by atoms with Gasteiger partial charge in [-0.25, -0.2) is 13.1 Å². The average Bonchev–Trinajstić information content (AvgIpc) is 3.06. The third-order valence-electron chi connectivity index (χ3n) is 3.04. The number of hydrogen-bond donors (Lipinski definition) is 3. The molecule has 1 aromatic heterocycles. The van der Waals surface area contributed by atoms with Gasteiger partial charge in [-0.3, -0.25) is 5.10 Å². The lowest BCUT2D eigenvalue weighted by Crippen LogP contribution is -2.34. The highest BCUT2D eigenvalue weighted by atomic mass is 32.2. The monoisotopic (exact) mass is 274 g/mol. The van der Waals surface area contributed by atoms with Gasteiger partial charge < -0.3 is 10.0 Å². The van der Waals surface area contributed by atoms with Crippen LogP contribution in [-0.2, 0) is 16.6 Å². The predicted octanol–water partition coefficient (Wildman–Crippen LogP) is -0.725. The van der Waals surface area contributed by atoms with E-state index < -0.39 is 10.0 Å². The van der Waals surface area contributed by atoms with Gasteiger partial charge in [0.1, 0.15) is 0 Å². The Hall–Kier alpha value is -0.960. The summed E-state index contributed by atoms with van der Waals surface area (Å²) in [6, 6.07) is 0.606. The number of rotatable bonds is 7. The summed E-state index contributed by atoms with van der Waals surface area (Å²) < 4.78 is 26.4. The number of H-pyrrole nitrogens is 1. The first-order valence-corrected chi connectivity index (χ1v) is 7.36. The molecule has 0 amide bonds. The van der Waals surface area contributed by atoms with Gasteiger partial charge in [0.15, 0.2) is 5.03 Å². The molecule has 102 valence electrons. The number of nitrogens with zero attached hydrogens (tertiary/aromatic N) is 2. The van der Waals surface area contributed by atoms with Gasteiger partial charge in [-0.1, -0.05) is 0 Å². The lowest BCUT2D eigenvalue weighted by atomic mass is 10.4. The number of nitrogens with one attached hydrogen (secondary N) is 2. The molecule has 0 radical (unpaired) electrons. The van der Waals surface area contributed by atoms with Gasteiger partial charge in [0.25, 0.3) is 10.0 Å². The fourth-order valence-electron chi connectivity index (χ4n) is 1.77. The van der Waals surface area contributed by atoms with E-state index in [0.717, 1.165) is 0 Å². The Morgan fingerprint density at radius 1 is 1.61 bits per heavy atom. The van der Waals surface area contributed by atoms with E-state index in [1.54, 1.807) is 0 Å². The van der Waals surface area contributed by atoms with Crippen LogP contribution in [0.15, 0.2) is 11.2 Å². The molecule has 0 bridgehead atoms. The summed E-state index contributed by atoms with van der Waals surface area (Å²) in [5.41, 5.74) is 0.276. The van der Waals surface area contributed by atoms with E-state index in [9.17, 15) is 8.42 Å². The van der Waals surface area contributed by atoms with Crippen molar-refractivity contribution in [2.45, 2.75) is 30.5 Å². The second-order valence-electron chi connectivity index (χ2n) is 4.49. The van der Waals surface area contributed by atoms with Crippen LogP contribution in [0.5, 0.6) is 0 Å². The summed E-state index contributed by atoms with van der Waals surface area (Å²) >= 11 is 0. The summed E-state index contributed by atoms with van der Waals surface area (Å²) in [7, 11) is -1.63. The average molecular weight is 274 g/mol. The number of sulfonamides is 1. The molecule has 18 heavy (non-hydrogen) atoms. The summed E-state index contributed by atoms with van der Waals surface area (Å²) in [6.45, 7) is 0.667. The minimum absolute atomic E-state index is 0.0564. The van der Waals surface area contributed by atoms with Crippen LogP contribution in [0.25, 0.3) is 0 Å². The molecular weight excluding hydrogens is 256 g/mol. The molecule has 1 aliphatic rings. The van der Waals surface area contributed by atoms with E-state index in [0.29, 0.717) is 19.1 Å². The lowest BCUT2D eigenvalue weighted by Gasteiger charge is -2.15. The zero-order chi connectivity index (χ0) is 13.2. The Labute approximate surface area is 106 Å². The summed E-state index contributed by atoms with van der Waals surface area (Å²) in [5.74, 6) is 0.